The Hall–Kier alpha value is -0.520. The van der Waals surface area contributed by atoms with Gasteiger partial charge in [0.1, 0.15) is 0 Å². The van der Waals surface area contributed by atoms with E-state index in [0.29, 0.717) is 6.04 Å². The van der Waals surface area contributed by atoms with Crippen LogP contribution >= 0.6 is 0 Å². The Balaban J connectivity index is 2.53. The third-order valence-corrected chi connectivity index (χ3v) is 2.30. The molecule has 0 aliphatic carbocycles. The monoisotopic (exact) mass is 151 g/mol. The highest BCUT2D eigenvalue weighted by atomic mass is 15.1. The van der Waals surface area contributed by atoms with Crippen LogP contribution in [0.5, 0.6) is 0 Å². The number of hydrogen-bond donors (Lipinski definition) is 0. The van der Waals surface area contributed by atoms with Gasteiger partial charge in [-0.1, -0.05) is 6.58 Å². The summed E-state index contributed by atoms with van der Waals surface area (Å²) >= 11 is 0. The molecule has 0 aromatic carbocycles. The van der Waals surface area contributed by atoms with Crippen molar-refractivity contribution >= 4 is 0 Å². The molecule has 1 fully saturated rings. The second-order valence-electron chi connectivity index (χ2n) is 3.45. The molecule has 11 heavy (non-hydrogen) atoms. The van der Waals surface area contributed by atoms with Gasteiger partial charge in [0.25, 0.3) is 0 Å². The SMILES string of the molecule is C=C=C1CCCN(C(C)C)C1. The van der Waals surface area contributed by atoms with Gasteiger partial charge in [0.15, 0.2) is 0 Å². The van der Waals surface area contributed by atoms with Crippen molar-refractivity contribution in [1.82, 2.24) is 4.90 Å². The summed E-state index contributed by atoms with van der Waals surface area (Å²) in [4.78, 5) is 2.47. The van der Waals surface area contributed by atoms with Gasteiger partial charge in [0.05, 0.1) is 0 Å². The zero-order valence-electron chi connectivity index (χ0n) is 7.56. The van der Waals surface area contributed by atoms with Crippen molar-refractivity contribution in [3.8, 4) is 0 Å². The minimum atomic E-state index is 0.665. The van der Waals surface area contributed by atoms with Crippen molar-refractivity contribution in [3.05, 3.63) is 17.9 Å². The Bertz CT molecular complexity index is 175. The summed E-state index contributed by atoms with van der Waals surface area (Å²) in [5, 5.41) is 0. The molecular weight excluding hydrogens is 134 g/mol. The molecule has 0 spiro atoms. The van der Waals surface area contributed by atoms with Crippen molar-refractivity contribution in [1.29, 1.82) is 0 Å². The first-order chi connectivity index (χ1) is 5.24. The lowest BCUT2D eigenvalue weighted by Gasteiger charge is -2.30. The molecule has 0 bridgehead atoms. The van der Waals surface area contributed by atoms with E-state index in [2.05, 4.69) is 31.1 Å². The third kappa shape index (κ3) is 2.21. The number of likely N-dealkylation sites (tertiary alicyclic amines) is 1. The fraction of sp³-hybridized carbons (Fsp3) is 0.700. The van der Waals surface area contributed by atoms with Crippen LogP contribution in [0, 0.1) is 0 Å². The predicted octanol–water partition coefficient (Wildman–Crippen LogP) is 2.20. The molecule has 1 aliphatic rings. The van der Waals surface area contributed by atoms with Gasteiger partial charge in [-0.15, -0.1) is 5.73 Å². The molecule has 0 radical (unpaired) electrons. The predicted molar refractivity (Wildman–Crippen MR) is 48.6 cm³/mol. The van der Waals surface area contributed by atoms with Crippen LogP contribution < -0.4 is 0 Å². The number of nitrogens with zero attached hydrogens (tertiary/aromatic N) is 1. The minimum absolute atomic E-state index is 0.665. The molecule has 62 valence electrons. The second-order valence-corrected chi connectivity index (χ2v) is 3.45. The molecule has 0 aromatic heterocycles. The Morgan fingerprint density at radius 2 is 2.27 bits per heavy atom. The Kier molecular flexibility index (Phi) is 2.92. The van der Waals surface area contributed by atoms with E-state index in [9.17, 15) is 0 Å². The van der Waals surface area contributed by atoms with Gasteiger partial charge < -0.3 is 0 Å². The lowest BCUT2D eigenvalue weighted by atomic mass is 10.0. The van der Waals surface area contributed by atoms with Crippen LogP contribution in [0.25, 0.3) is 0 Å². The fourth-order valence-electron chi connectivity index (χ4n) is 1.48. The summed E-state index contributed by atoms with van der Waals surface area (Å²) in [5.74, 6) is 0. The molecule has 0 aromatic rings. The zero-order valence-corrected chi connectivity index (χ0v) is 7.56. The van der Waals surface area contributed by atoms with Crippen LogP contribution in [0.1, 0.15) is 26.7 Å². The standard InChI is InChI=1S/C10H17N/c1-4-10-6-5-7-11(8-10)9(2)3/h9H,1,5-8H2,2-3H3. The zero-order chi connectivity index (χ0) is 8.27. The topological polar surface area (TPSA) is 3.24 Å². The Morgan fingerprint density at radius 1 is 1.55 bits per heavy atom. The van der Waals surface area contributed by atoms with Crippen LogP contribution in [0.3, 0.4) is 0 Å². The average Bonchev–Trinajstić information content (AvgIpc) is 2.05. The summed E-state index contributed by atoms with van der Waals surface area (Å²) in [6, 6.07) is 0.665. The van der Waals surface area contributed by atoms with Crippen molar-refractivity contribution in [2.45, 2.75) is 32.7 Å². The smallest absolute Gasteiger partial charge is 0.0270 e. The van der Waals surface area contributed by atoms with Crippen LogP contribution in [0.15, 0.2) is 17.9 Å². The lowest BCUT2D eigenvalue weighted by Crippen LogP contribution is -2.36. The molecule has 1 rings (SSSR count). The van der Waals surface area contributed by atoms with E-state index in [-0.39, 0.29) is 0 Å². The van der Waals surface area contributed by atoms with E-state index in [4.69, 9.17) is 0 Å². The molecule has 0 amide bonds. The molecule has 0 N–H and O–H groups in total. The molecule has 1 aliphatic heterocycles. The maximum absolute atomic E-state index is 3.69. The van der Waals surface area contributed by atoms with Crippen molar-refractivity contribution < 1.29 is 0 Å². The van der Waals surface area contributed by atoms with Gasteiger partial charge in [-0.25, -0.2) is 0 Å². The second kappa shape index (κ2) is 3.75. The molecule has 1 saturated heterocycles. The largest absolute Gasteiger partial charge is 0.296 e. The summed E-state index contributed by atoms with van der Waals surface area (Å²) in [7, 11) is 0. The lowest BCUT2D eigenvalue weighted by molar-refractivity contribution is 0.216. The molecule has 1 heterocycles. The van der Waals surface area contributed by atoms with Crippen LogP contribution in [-0.4, -0.2) is 24.0 Å². The first-order valence-corrected chi connectivity index (χ1v) is 4.36. The molecule has 1 nitrogen and oxygen atoms in total. The Labute approximate surface area is 69.4 Å². The molecule has 0 atom stereocenters. The minimum Gasteiger partial charge on any atom is -0.296 e. The first-order valence-electron chi connectivity index (χ1n) is 4.36. The fourth-order valence-corrected chi connectivity index (χ4v) is 1.48. The maximum atomic E-state index is 3.69. The van der Waals surface area contributed by atoms with E-state index >= 15 is 0 Å². The Morgan fingerprint density at radius 3 is 2.82 bits per heavy atom. The van der Waals surface area contributed by atoms with Crippen molar-refractivity contribution in [2.24, 2.45) is 0 Å². The number of piperidine rings is 1. The summed E-state index contributed by atoms with van der Waals surface area (Å²) in [5.41, 5.74) is 4.39. The van der Waals surface area contributed by atoms with Gasteiger partial charge in [-0.2, -0.15) is 0 Å². The normalized spacial score (nSPS) is 20.5. The summed E-state index contributed by atoms with van der Waals surface area (Å²) in [6.45, 7) is 10.5. The van der Waals surface area contributed by atoms with Gasteiger partial charge in [-0.3, -0.25) is 4.90 Å². The van der Waals surface area contributed by atoms with Crippen LogP contribution in [0.2, 0.25) is 0 Å². The molecule has 1 heteroatoms. The third-order valence-electron chi connectivity index (χ3n) is 2.30. The highest BCUT2D eigenvalue weighted by Gasteiger charge is 2.15. The van der Waals surface area contributed by atoms with Crippen LogP contribution in [-0.2, 0) is 0 Å². The van der Waals surface area contributed by atoms with Gasteiger partial charge in [-0.05, 0) is 38.8 Å². The summed E-state index contributed by atoms with van der Waals surface area (Å²) < 4.78 is 0. The van der Waals surface area contributed by atoms with E-state index in [1.54, 1.807) is 0 Å². The van der Waals surface area contributed by atoms with E-state index in [1.165, 1.54) is 25.0 Å². The first kappa shape index (κ1) is 8.58. The molecule has 0 unspecified atom stereocenters. The number of rotatable bonds is 1. The van der Waals surface area contributed by atoms with E-state index in [1.807, 2.05) is 0 Å². The van der Waals surface area contributed by atoms with Gasteiger partial charge in [0, 0.05) is 12.6 Å². The highest BCUT2D eigenvalue weighted by Crippen LogP contribution is 2.15. The van der Waals surface area contributed by atoms with E-state index in [0.717, 1.165) is 6.54 Å². The maximum Gasteiger partial charge on any atom is 0.0270 e. The van der Waals surface area contributed by atoms with Crippen molar-refractivity contribution in [3.63, 3.8) is 0 Å². The number of hydrogen-bond acceptors (Lipinski definition) is 1. The van der Waals surface area contributed by atoms with E-state index < -0.39 is 0 Å². The highest BCUT2D eigenvalue weighted by molar-refractivity contribution is 5.04. The van der Waals surface area contributed by atoms with Gasteiger partial charge >= 0.3 is 0 Å². The molecule has 0 saturated carbocycles. The molecular formula is C10H17N. The van der Waals surface area contributed by atoms with Crippen LogP contribution in [0.4, 0.5) is 0 Å². The average molecular weight is 151 g/mol. The summed E-state index contributed by atoms with van der Waals surface area (Å²) in [6.07, 6.45) is 2.47. The quantitative estimate of drug-likeness (QED) is 0.519. The van der Waals surface area contributed by atoms with Crippen molar-refractivity contribution in [2.75, 3.05) is 13.1 Å². The van der Waals surface area contributed by atoms with Gasteiger partial charge in [0.2, 0.25) is 0 Å².